The summed E-state index contributed by atoms with van der Waals surface area (Å²) >= 11 is 0. The van der Waals surface area contributed by atoms with E-state index >= 15 is 0 Å². The molecular weight excluding hydrogens is 509 g/mol. The van der Waals surface area contributed by atoms with Crippen LogP contribution in [0.2, 0.25) is 0 Å². The standard InChI is InChI=1S/C27H26FN5O4S/c1-37-24-16-21(31-38(35,36)25-6-2-4-19-5-3-10-30-26(19)25)7-8-22(24)27(34)33-14-12-32(13-15-33)18-20-9-11-29-17-23(20)28/h2-11,16-17,31H,12-15,18H2,1H3. The van der Waals surface area contributed by atoms with Gasteiger partial charge in [-0.1, -0.05) is 18.2 Å². The van der Waals surface area contributed by atoms with Crippen LogP contribution in [0.5, 0.6) is 5.75 Å². The Labute approximate surface area is 219 Å². The Kier molecular flexibility index (Phi) is 7.21. The zero-order valence-corrected chi connectivity index (χ0v) is 21.5. The van der Waals surface area contributed by atoms with Gasteiger partial charge >= 0.3 is 0 Å². The molecule has 0 bridgehead atoms. The second kappa shape index (κ2) is 10.7. The fourth-order valence-electron chi connectivity index (χ4n) is 4.49. The van der Waals surface area contributed by atoms with Gasteiger partial charge in [-0.15, -0.1) is 0 Å². The average Bonchev–Trinajstić information content (AvgIpc) is 2.93. The van der Waals surface area contributed by atoms with Gasteiger partial charge in [-0.05, 0) is 30.3 Å². The van der Waals surface area contributed by atoms with Crippen LogP contribution in [0.4, 0.5) is 10.1 Å². The molecule has 3 heterocycles. The van der Waals surface area contributed by atoms with Crippen molar-refractivity contribution in [3.05, 3.63) is 90.1 Å². The molecule has 4 aromatic rings. The van der Waals surface area contributed by atoms with E-state index in [1.807, 2.05) is 0 Å². The Bertz CT molecular complexity index is 1580. The molecular formula is C27H26FN5O4S. The molecule has 0 unspecified atom stereocenters. The monoisotopic (exact) mass is 535 g/mol. The molecule has 196 valence electrons. The maximum absolute atomic E-state index is 13.9. The number of halogens is 1. The third-order valence-corrected chi connectivity index (χ3v) is 7.89. The van der Waals surface area contributed by atoms with Crippen molar-refractivity contribution in [1.29, 1.82) is 0 Å². The number of hydrogen-bond acceptors (Lipinski definition) is 7. The maximum atomic E-state index is 13.9. The molecule has 2 aromatic carbocycles. The van der Waals surface area contributed by atoms with Gasteiger partial charge in [-0.2, -0.15) is 0 Å². The van der Waals surface area contributed by atoms with Crippen LogP contribution in [0, 0.1) is 5.82 Å². The predicted molar refractivity (Wildman–Crippen MR) is 141 cm³/mol. The van der Waals surface area contributed by atoms with Crippen LogP contribution in [0.3, 0.4) is 0 Å². The summed E-state index contributed by atoms with van der Waals surface area (Å²) < 4.78 is 48.3. The minimum absolute atomic E-state index is 0.0548. The van der Waals surface area contributed by atoms with Crippen LogP contribution in [0.15, 0.2) is 78.1 Å². The number of piperazine rings is 1. The van der Waals surface area contributed by atoms with E-state index in [1.165, 1.54) is 31.5 Å². The lowest BCUT2D eigenvalue weighted by atomic mass is 10.1. The summed E-state index contributed by atoms with van der Waals surface area (Å²) in [6, 6.07) is 14.7. The molecule has 1 fully saturated rings. The Hall–Kier alpha value is -4.09. The van der Waals surface area contributed by atoms with E-state index in [0.717, 1.165) is 0 Å². The molecule has 0 atom stereocenters. The number of hydrogen-bond donors (Lipinski definition) is 1. The number of rotatable bonds is 7. The van der Waals surface area contributed by atoms with Crippen LogP contribution < -0.4 is 9.46 Å². The van der Waals surface area contributed by atoms with E-state index in [0.29, 0.717) is 54.8 Å². The van der Waals surface area contributed by atoms with Crippen LogP contribution >= 0.6 is 0 Å². The van der Waals surface area contributed by atoms with Crippen molar-refractivity contribution in [3.8, 4) is 5.75 Å². The Balaban J connectivity index is 1.29. The topological polar surface area (TPSA) is 105 Å². The van der Waals surface area contributed by atoms with Crippen molar-refractivity contribution in [2.24, 2.45) is 0 Å². The van der Waals surface area contributed by atoms with Crippen LogP contribution in [0.25, 0.3) is 10.9 Å². The SMILES string of the molecule is COc1cc(NS(=O)(=O)c2cccc3cccnc23)ccc1C(=O)N1CCN(Cc2ccncc2F)CC1. The van der Waals surface area contributed by atoms with Gasteiger partial charge in [0.2, 0.25) is 0 Å². The summed E-state index contributed by atoms with van der Waals surface area (Å²) in [5.41, 5.74) is 1.53. The summed E-state index contributed by atoms with van der Waals surface area (Å²) in [4.78, 5) is 25.1. The quantitative estimate of drug-likeness (QED) is 0.386. The number of nitrogens with one attached hydrogen (secondary N) is 1. The number of methoxy groups -OCH3 is 1. The Morgan fingerprint density at radius 2 is 1.84 bits per heavy atom. The van der Waals surface area contributed by atoms with E-state index in [1.54, 1.807) is 53.7 Å². The van der Waals surface area contributed by atoms with E-state index in [9.17, 15) is 17.6 Å². The van der Waals surface area contributed by atoms with Gasteiger partial charge in [0.15, 0.2) is 0 Å². The van der Waals surface area contributed by atoms with Crippen LogP contribution in [-0.4, -0.2) is 67.4 Å². The molecule has 1 aliphatic rings. The van der Waals surface area contributed by atoms with Crippen molar-refractivity contribution in [3.63, 3.8) is 0 Å². The normalized spacial score (nSPS) is 14.4. The number of ether oxygens (including phenoxy) is 1. The van der Waals surface area contributed by atoms with Gasteiger partial charge in [0.1, 0.15) is 16.5 Å². The maximum Gasteiger partial charge on any atom is 0.264 e. The number of sulfonamides is 1. The smallest absolute Gasteiger partial charge is 0.264 e. The minimum atomic E-state index is -3.95. The van der Waals surface area contributed by atoms with Crippen molar-refractivity contribution in [2.45, 2.75) is 11.4 Å². The predicted octanol–water partition coefficient (Wildman–Crippen LogP) is 3.54. The number of fused-ring (bicyclic) bond motifs is 1. The van der Waals surface area contributed by atoms with E-state index in [-0.39, 0.29) is 28.1 Å². The summed E-state index contributed by atoms with van der Waals surface area (Å²) in [5, 5.41) is 0.708. The van der Waals surface area contributed by atoms with Gasteiger partial charge in [-0.25, -0.2) is 12.8 Å². The number of carbonyl (C=O) groups is 1. The molecule has 2 aromatic heterocycles. The second-order valence-corrected chi connectivity index (χ2v) is 10.5. The highest BCUT2D eigenvalue weighted by atomic mass is 32.2. The summed E-state index contributed by atoms with van der Waals surface area (Å²) in [6.45, 7) is 2.56. The van der Waals surface area contributed by atoms with E-state index < -0.39 is 10.0 Å². The highest BCUT2D eigenvalue weighted by Crippen LogP contribution is 2.28. The molecule has 1 saturated heterocycles. The van der Waals surface area contributed by atoms with E-state index in [4.69, 9.17) is 4.74 Å². The number of aromatic nitrogens is 2. The third kappa shape index (κ3) is 5.29. The molecule has 0 radical (unpaired) electrons. The first-order valence-electron chi connectivity index (χ1n) is 12.0. The molecule has 38 heavy (non-hydrogen) atoms. The number of amides is 1. The second-order valence-electron chi connectivity index (χ2n) is 8.89. The number of pyridine rings is 2. The molecule has 1 N–H and O–H groups in total. The average molecular weight is 536 g/mol. The first kappa shape index (κ1) is 25.6. The molecule has 1 amide bonds. The zero-order valence-electron chi connectivity index (χ0n) is 20.7. The first-order chi connectivity index (χ1) is 18.4. The molecule has 0 aliphatic carbocycles. The molecule has 11 heteroatoms. The van der Waals surface area contributed by atoms with Crippen LogP contribution in [-0.2, 0) is 16.6 Å². The fourth-order valence-corrected chi connectivity index (χ4v) is 5.72. The van der Waals surface area contributed by atoms with Crippen molar-refractivity contribution in [1.82, 2.24) is 19.8 Å². The van der Waals surface area contributed by atoms with E-state index in [2.05, 4.69) is 19.6 Å². The summed E-state index contributed by atoms with van der Waals surface area (Å²) in [6.07, 6.45) is 4.30. The number of anilines is 1. The lowest BCUT2D eigenvalue weighted by Crippen LogP contribution is -2.48. The number of benzene rings is 2. The van der Waals surface area contributed by atoms with Crippen molar-refractivity contribution < 1.29 is 22.3 Å². The number of carbonyl (C=O) groups excluding carboxylic acids is 1. The Morgan fingerprint density at radius 3 is 2.61 bits per heavy atom. The first-order valence-corrected chi connectivity index (χ1v) is 13.5. The van der Waals surface area contributed by atoms with Gasteiger partial charge in [0.05, 0.1) is 30.1 Å². The summed E-state index contributed by atoms with van der Waals surface area (Å²) in [7, 11) is -2.52. The summed E-state index contributed by atoms with van der Waals surface area (Å²) in [5.74, 6) is -0.306. The lowest BCUT2D eigenvalue weighted by Gasteiger charge is -2.35. The van der Waals surface area contributed by atoms with Crippen LogP contribution in [0.1, 0.15) is 15.9 Å². The molecule has 0 spiro atoms. The lowest BCUT2D eigenvalue weighted by molar-refractivity contribution is 0.0624. The zero-order chi connectivity index (χ0) is 26.7. The minimum Gasteiger partial charge on any atom is -0.496 e. The van der Waals surface area contributed by atoms with Crippen molar-refractivity contribution >= 4 is 32.5 Å². The van der Waals surface area contributed by atoms with Gasteiger partial charge in [0.25, 0.3) is 15.9 Å². The molecule has 5 rings (SSSR count). The molecule has 0 saturated carbocycles. The Morgan fingerprint density at radius 1 is 1.05 bits per heavy atom. The fraction of sp³-hybridized carbons (Fsp3) is 0.222. The largest absolute Gasteiger partial charge is 0.496 e. The third-order valence-electron chi connectivity index (χ3n) is 6.48. The highest BCUT2D eigenvalue weighted by Gasteiger charge is 2.26. The van der Waals surface area contributed by atoms with Gasteiger partial charge < -0.3 is 9.64 Å². The molecule has 1 aliphatic heterocycles. The van der Waals surface area contributed by atoms with Gasteiger partial charge in [0, 0.05) is 62.1 Å². The van der Waals surface area contributed by atoms with Gasteiger partial charge in [-0.3, -0.25) is 24.4 Å². The number of para-hydroxylation sites is 1. The number of nitrogens with zero attached hydrogens (tertiary/aromatic N) is 4. The van der Waals surface area contributed by atoms with Crippen molar-refractivity contribution in [2.75, 3.05) is 38.0 Å². The highest BCUT2D eigenvalue weighted by molar-refractivity contribution is 7.93. The molecule has 9 nitrogen and oxygen atoms in total.